The zero-order valence-corrected chi connectivity index (χ0v) is 20.0. The Kier molecular flexibility index (Phi) is 7.22. The molecular formula is C25H30ClN3O4. The highest BCUT2D eigenvalue weighted by Gasteiger charge is 2.28. The van der Waals surface area contributed by atoms with E-state index in [4.69, 9.17) is 30.8 Å². The summed E-state index contributed by atoms with van der Waals surface area (Å²) in [5.41, 5.74) is 1.28. The van der Waals surface area contributed by atoms with Crippen LogP contribution in [0.4, 0.5) is 5.69 Å². The summed E-state index contributed by atoms with van der Waals surface area (Å²) in [6.07, 6.45) is 0.937. The summed E-state index contributed by atoms with van der Waals surface area (Å²) in [4.78, 5) is 19.6. The largest absolute Gasteiger partial charge is 0.466 e. The lowest BCUT2D eigenvalue weighted by Gasteiger charge is -2.35. The minimum absolute atomic E-state index is 0.0421. The second-order valence-corrected chi connectivity index (χ2v) is 9.32. The van der Waals surface area contributed by atoms with Crippen LogP contribution in [-0.2, 0) is 14.3 Å². The molecule has 0 spiro atoms. The maximum Gasteiger partial charge on any atom is 0.307 e. The number of fused-ring (bicyclic) bond motifs is 2. The Bertz CT molecular complexity index is 1040. The van der Waals surface area contributed by atoms with Crippen LogP contribution in [-0.4, -0.2) is 61.7 Å². The van der Waals surface area contributed by atoms with Gasteiger partial charge in [0, 0.05) is 44.2 Å². The van der Waals surface area contributed by atoms with Crippen molar-refractivity contribution in [3.05, 3.63) is 53.1 Å². The van der Waals surface area contributed by atoms with Crippen molar-refractivity contribution in [2.75, 3.05) is 33.4 Å². The fourth-order valence-electron chi connectivity index (χ4n) is 3.87. The van der Waals surface area contributed by atoms with Crippen molar-refractivity contribution in [2.45, 2.75) is 38.3 Å². The number of methoxy groups -OCH3 is 1. The molecular weight excluding hydrogens is 442 g/mol. The Morgan fingerprint density at radius 1 is 1.27 bits per heavy atom. The van der Waals surface area contributed by atoms with Gasteiger partial charge in [0.15, 0.2) is 5.75 Å². The van der Waals surface area contributed by atoms with Gasteiger partial charge in [-0.1, -0.05) is 23.7 Å². The van der Waals surface area contributed by atoms with Gasteiger partial charge in [-0.05, 0) is 44.2 Å². The summed E-state index contributed by atoms with van der Waals surface area (Å²) in [6, 6.07) is 13.3. The molecule has 1 N–H and O–H groups in total. The molecule has 0 unspecified atom stereocenters. The fraction of sp³-hybridized carbons (Fsp3) is 0.440. The normalized spacial score (nSPS) is 17.9. The molecule has 2 aliphatic heterocycles. The summed E-state index contributed by atoms with van der Waals surface area (Å²) in [6.45, 7) is 6.41. The first-order valence-corrected chi connectivity index (χ1v) is 11.6. The number of hydrogen-bond donors (Lipinski definition) is 1. The van der Waals surface area contributed by atoms with Crippen molar-refractivity contribution in [3.8, 4) is 11.5 Å². The summed E-state index contributed by atoms with van der Waals surface area (Å²) < 4.78 is 17.0. The Morgan fingerprint density at radius 3 is 2.91 bits per heavy atom. The second kappa shape index (κ2) is 10.1. The quantitative estimate of drug-likeness (QED) is 0.623. The number of nitrogens with zero attached hydrogens (tertiary/aromatic N) is 2. The lowest BCUT2D eigenvalue weighted by atomic mass is 10.1. The first kappa shape index (κ1) is 23.5. The first-order chi connectivity index (χ1) is 15.8. The number of halogens is 1. The van der Waals surface area contributed by atoms with Crippen LogP contribution < -0.4 is 10.1 Å². The molecule has 33 heavy (non-hydrogen) atoms. The van der Waals surface area contributed by atoms with Crippen molar-refractivity contribution in [2.24, 2.45) is 4.99 Å². The summed E-state index contributed by atoms with van der Waals surface area (Å²) in [5.74, 6) is 2.00. The Labute approximate surface area is 199 Å². The topological polar surface area (TPSA) is 72.4 Å². The van der Waals surface area contributed by atoms with Crippen molar-refractivity contribution < 1.29 is 19.0 Å². The number of amidine groups is 1. The average molecular weight is 472 g/mol. The molecule has 2 aromatic rings. The highest BCUT2D eigenvalue weighted by atomic mass is 35.5. The van der Waals surface area contributed by atoms with Crippen LogP contribution in [0.25, 0.3) is 0 Å². The predicted octanol–water partition coefficient (Wildman–Crippen LogP) is 4.55. The van der Waals surface area contributed by atoms with Crippen molar-refractivity contribution >= 4 is 29.1 Å². The van der Waals surface area contributed by atoms with E-state index in [1.54, 1.807) is 19.2 Å². The standard InChI is InChI=1S/C25H30ClN3O4/c1-25(2,31-3)10-13-32-23(30)15-18-16-29(12-11-27-18)24-19-6-4-5-7-21(19)33-22-9-8-17(26)14-20(22)28-24/h4-9,14,18,27H,10-13,15-16H2,1-3H3/t18-/m0/s1. The molecule has 176 valence electrons. The van der Waals surface area contributed by atoms with E-state index in [0.717, 1.165) is 30.2 Å². The van der Waals surface area contributed by atoms with Gasteiger partial charge in [-0.25, -0.2) is 4.99 Å². The van der Waals surface area contributed by atoms with Gasteiger partial charge in [0.2, 0.25) is 0 Å². The fourth-order valence-corrected chi connectivity index (χ4v) is 4.03. The smallest absolute Gasteiger partial charge is 0.307 e. The van der Waals surface area contributed by atoms with Crippen LogP contribution in [0.2, 0.25) is 5.02 Å². The number of benzene rings is 2. The van der Waals surface area contributed by atoms with E-state index in [9.17, 15) is 4.79 Å². The van der Waals surface area contributed by atoms with Gasteiger partial charge in [0.25, 0.3) is 0 Å². The molecule has 2 aliphatic rings. The van der Waals surface area contributed by atoms with E-state index >= 15 is 0 Å². The molecule has 0 amide bonds. The van der Waals surface area contributed by atoms with E-state index in [-0.39, 0.29) is 24.0 Å². The van der Waals surface area contributed by atoms with Gasteiger partial charge in [0.1, 0.15) is 17.3 Å². The van der Waals surface area contributed by atoms with Crippen LogP contribution in [0.5, 0.6) is 11.5 Å². The molecule has 7 nitrogen and oxygen atoms in total. The van der Waals surface area contributed by atoms with Crippen LogP contribution >= 0.6 is 11.6 Å². The minimum atomic E-state index is -0.313. The SMILES string of the molecule is COC(C)(C)CCOC(=O)C[C@H]1CN(C2=Nc3cc(Cl)ccc3Oc3ccccc32)CCN1. The zero-order chi connectivity index (χ0) is 23.4. The minimum Gasteiger partial charge on any atom is -0.466 e. The van der Waals surface area contributed by atoms with E-state index in [2.05, 4.69) is 10.2 Å². The molecule has 0 saturated carbocycles. The molecule has 0 bridgehead atoms. The third-order valence-electron chi connectivity index (χ3n) is 5.98. The van der Waals surface area contributed by atoms with Crippen LogP contribution in [0, 0.1) is 0 Å². The third-order valence-corrected chi connectivity index (χ3v) is 6.22. The predicted molar refractivity (Wildman–Crippen MR) is 129 cm³/mol. The Morgan fingerprint density at radius 2 is 2.09 bits per heavy atom. The number of rotatable bonds is 6. The molecule has 1 fully saturated rings. The first-order valence-electron chi connectivity index (χ1n) is 11.2. The molecule has 0 aromatic heterocycles. The number of esters is 1. The lowest BCUT2D eigenvalue weighted by Crippen LogP contribution is -2.53. The van der Waals surface area contributed by atoms with Crippen LogP contribution in [0.3, 0.4) is 0 Å². The Balaban J connectivity index is 1.48. The molecule has 1 saturated heterocycles. The van der Waals surface area contributed by atoms with Crippen molar-refractivity contribution in [1.29, 1.82) is 0 Å². The molecule has 0 radical (unpaired) electrons. The molecule has 0 aliphatic carbocycles. The zero-order valence-electron chi connectivity index (χ0n) is 19.3. The number of para-hydroxylation sites is 1. The van der Waals surface area contributed by atoms with Gasteiger partial charge >= 0.3 is 5.97 Å². The maximum atomic E-state index is 12.4. The lowest BCUT2D eigenvalue weighted by molar-refractivity contribution is -0.146. The van der Waals surface area contributed by atoms with Crippen molar-refractivity contribution in [3.63, 3.8) is 0 Å². The summed E-state index contributed by atoms with van der Waals surface area (Å²) in [5, 5.41) is 4.03. The average Bonchev–Trinajstić information content (AvgIpc) is 2.95. The molecule has 4 rings (SSSR count). The molecule has 8 heteroatoms. The van der Waals surface area contributed by atoms with Crippen molar-refractivity contribution in [1.82, 2.24) is 10.2 Å². The summed E-state index contributed by atoms with van der Waals surface area (Å²) in [7, 11) is 1.66. The summed E-state index contributed by atoms with van der Waals surface area (Å²) >= 11 is 6.23. The van der Waals surface area contributed by atoms with E-state index < -0.39 is 0 Å². The highest BCUT2D eigenvalue weighted by molar-refractivity contribution is 6.31. The number of aliphatic imine (C=N–C) groups is 1. The van der Waals surface area contributed by atoms with E-state index in [1.165, 1.54) is 0 Å². The third kappa shape index (κ3) is 5.85. The monoisotopic (exact) mass is 471 g/mol. The van der Waals surface area contributed by atoms with Crippen LogP contribution in [0.1, 0.15) is 32.3 Å². The molecule has 2 heterocycles. The van der Waals surface area contributed by atoms with Gasteiger partial charge in [0.05, 0.1) is 24.2 Å². The number of carbonyl (C=O) groups excluding carboxylic acids is 1. The number of carbonyl (C=O) groups is 1. The number of nitrogens with one attached hydrogen (secondary N) is 1. The van der Waals surface area contributed by atoms with Gasteiger partial charge in [-0.3, -0.25) is 4.79 Å². The second-order valence-electron chi connectivity index (χ2n) is 8.88. The van der Waals surface area contributed by atoms with Gasteiger partial charge in [-0.15, -0.1) is 0 Å². The number of piperazine rings is 1. The number of hydrogen-bond acceptors (Lipinski definition) is 7. The number of ether oxygens (including phenoxy) is 3. The van der Waals surface area contributed by atoms with Crippen LogP contribution in [0.15, 0.2) is 47.5 Å². The molecule has 1 atom stereocenters. The highest BCUT2D eigenvalue weighted by Crippen LogP contribution is 2.39. The van der Waals surface area contributed by atoms with E-state index in [0.29, 0.717) is 36.0 Å². The maximum absolute atomic E-state index is 12.4. The van der Waals surface area contributed by atoms with E-state index in [1.807, 2.05) is 44.2 Å². The van der Waals surface area contributed by atoms with Gasteiger partial charge < -0.3 is 24.4 Å². The molecule has 2 aromatic carbocycles. The van der Waals surface area contributed by atoms with Gasteiger partial charge in [-0.2, -0.15) is 0 Å². The Hall–Kier alpha value is -2.61.